The van der Waals surface area contributed by atoms with Gasteiger partial charge in [-0.3, -0.25) is 15.0 Å². The molecule has 3 rings (SSSR count). The fourth-order valence-electron chi connectivity index (χ4n) is 3.17. The van der Waals surface area contributed by atoms with Crippen LogP contribution in [0, 0.1) is 16.0 Å². The molecule has 7 heteroatoms. The summed E-state index contributed by atoms with van der Waals surface area (Å²) in [6.45, 7) is 6.37. The number of halogens is 1. The SMILES string of the molecule is O=[N+]([O-])c1ccc(Br)cc1N1CCN(CC2CCOC2)CC1. The second kappa shape index (κ2) is 6.93. The topological polar surface area (TPSA) is 58.9 Å². The van der Waals surface area contributed by atoms with Crippen molar-refractivity contribution in [1.29, 1.82) is 0 Å². The molecule has 2 fully saturated rings. The Bertz CT molecular complexity index is 541. The van der Waals surface area contributed by atoms with E-state index in [4.69, 9.17) is 4.74 Å². The van der Waals surface area contributed by atoms with E-state index in [-0.39, 0.29) is 10.6 Å². The van der Waals surface area contributed by atoms with Crippen LogP contribution in [0.2, 0.25) is 0 Å². The van der Waals surface area contributed by atoms with Crippen LogP contribution in [0.5, 0.6) is 0 Å². The number of nitro groups is 1. The van der Waals surface area contributed by atoms with Gasteiger partial charge in [-0.05, 0) is 24.5 Å². The Labute approximate surface area is 138 Å². The van der Waals surface area contributed by atoms with Crippen molar-refractivity contribution in [2.75, 3.05) is 50.8 Å². The minimum absolute atomic E-state index is 0.181. The van der Waals surface area contributed by atoms with Crippen LogP contribution in [0.25, 0.3) is 0 Å². The van der Waals surface area contributed by atoms with E-state index in [0.29, 0.717) is 11.6 Å². The third kappa shape index (κ3) is 3.59. The molecule has 0 N–H and O–H groups in total. The molecule has 0 aromatic heterocycles. The second-order valence-corrected chi connectivity index (χ2v) is 6.82. The number of nitro benzene ring substituents is 1. The fraction of sp³-hybridized carbons (Fsp3) is 0.600. The molecule has 0 aliphatic carbocycles. The van der Waals surface area contributed by atoms with Crippen molar-refractivity contribution in [3.63, 3.8) is 0 Å². The minimum atomic E-state index is -0.302. The number of hydrogen-bond acceptors (Lipinski definition) is 5. The van der Waals surface area contributed by atoms with E-state index in [9.17, 15) is 10.1 Å². The number of piperazine rings is 1. The number of ether oxygens (including phenoxy) is 1. The first-order chi connectivity index (χ1) is 10.6. The first kappa shape index (κ1) is 15.7. The molecule has 120 valence electrons. The third-order valence-corrected chi connectivity index (χ3v) is 4.88. The van der Waals surface area contributed by atoms with Crippen molar-refractivity contribution in [2.24, 2.45) is 5.92 Å². The maximum absolute atomic E-state index is 11.2. The van der Waals surface area contributed by atoms with Gasteiger partial charge in [0, 0.05) is 49.9 Å². The van der Waals surface area contributed by atoms with Crippen LogP contribution in [-0.2, 0) is 4.74 Å². The molecule has 2 heterocycles. The molecule has 0 bridgehead atoms. The highest BCUT2D eigenvalue weighted by Crippen LogP contribution is 2.32. The number of rotatable bonds is 4. The van der Waals surface area contributed by atoms with Gasteiger partial charge in [-0.2, -0.15) is 0 Å². The molecule has 0 spiro atoms. The molecule has 1 atom stereocenters. The van der Waals surface area contributed by atoms with Crippen LogP contribution >= 0.6 is 15.9 Å². The van der Waals surface area contributed by atoms with E-state index in [2.05, 4.69) is 25.7 Å². The molecule has 1 unspecified atom stereocenters. The average molecular weight is 370 g/mol. The maximum Gasteiger partial charge on any atom is 0.292 e. The first-order valence-corrected chi connectivity index (χ1v) is 8.42. The maximum atomic E-state index is 11.2. The summed E-state index contributed by atoms with van der Waals surface area (Å²) in [6.07, 6.45) is 1.15. The van der Waals surface area contributed by atoms with Gasteiger partial charge in [0.15, 0.2) is 0 Å². The fourth-order valence-corrected chi connectivity index (χ4v) is 3.52. The Balaban J connectivity index is 1.63. The van der Waals surface area contributed by atoms with Crippen LogP contribution in [0.1, 0.15) is 6.42 Å². The van der Waals surface area contributed by atoms with Gasteiger partial charge in [-0.15, -0.1) is 0 Å². The summed E-state index contributed by atoms with van der Waals surface area (Å²) in [7, 11) is 0. The van der Waals surface area contributed by atoms with E-state index < -0.39 is 0 Å². The number of anilines is 1. The van der Waals surface area contributed by atoms with Crippen molar-refractivity contribution in [2.45, 2.75) is 6.42 Å². The Kier molecular flexibility index (Phi) is 4.95. The highest BCUT2D eigenvalue weighted by molar-refractivity contribution is 9.10. The van der Waals surface area contributed by atoms with Gasteiger partial charge in [-0.1, -0.05) is 15.9 Å². The molecule has 6 nitrogen and oxygen atoms in total. The van der Waals surface area contributed by atoms with Crippen LogP contribution in [0.3, 0.4) is 0 Å². The Hall–Kier alpha value is -1.18. The molecule has 0 amide bonds. The first-order valence-electron chi connectivity index (χ1n) is 7.62. The van der Waals surface area contributed by atoms with Crippen LogP contribution < -0.4 is 4.90 Å². The number of nitrogens with zero attached hydrogens (tertiary/aromatic N) is 3. The standard InChI is InChI=1S/C15H20BrN3O3/c16-13-1-2-14(19(20)21)15(9-13)18-6-4-17(5-7-18)10-12-3-8-22-11-12/h1-2,9,12H,3-8,10-11H2. The highest BCUT2D eigenvalue weighted by atomic mass is 79.9. The average Bonchev–Trinajstić information content (AvgIpc) is 3.00. The Morgan fingerprint density at radius 3 is 2.73 bits per heavy atom. The minimum Gasteiger partial charge on any atom is -0.381 e. The van der Waals surface area contributed by atoms with E-state index in [0.717, 1.165) is 56.8 Å². The molecule has 1 aromatic carbocycles. The third-order valence-electron chi connectivity index (χ3n) is 4.39. The van der Waals surface area contributed by atoms with Gasteiger partial charge in [0.2, 0.25) is 0 Å². The summed E-state index contributed by atoms with van der Waals surface area (Å²) in [5.41, 5.74) is 0.893. The van der Waals surface area contributed by atoms with E-state index >= 15 is 0 Å². The van der Waals surface area contributed by atoms with E-state index in [1.807, 2.05) is 6.07 Å². The number of hydrogen-bond donors (Lipinski definition) is 0. The van der Waals surface area contributed by atoms with Gasteiger partial charge in [0.05, 0.1) is 11.5 Å². The quantitative estimate of drug-likeness (QED) is 0.602. The largest absolute Gasteiger partial charge is 0.381 e. The van der Waals surface area contributed by atoms with Gasteiger partial charge < -0.3 is 9.64 Å². The summed E-state index contributed by atoms with van der Waals surface area (Å²) in [5.74, 6) is 0.645. The van der Waals surface area contributed by atoms with Crippen LogP contribution in [0.15, 0.2) is 22.7 Å². The molecule has 0 saturated carbocycles. The lowest BCUT2D eigenvalue weighted by Crippen LogP contribution is -2.48. The van der Waals surface area contributed by atoms with Crippen molar-refractivity contribution in [1.82, 2.24) is 4.90 Å². The predicted molar refractivity (Wildman–Crippen MR) is 88.4 cm³/mol. The Morgan fingerprint density at radius 1 is 1.32 bits per heavy atom. The molecular formula is C15H20BrN3O3. The summed E-state index contributed by atoms with van der Waals surface area (Å²) >= 11 is 3.41. The Morgan fingerprint density at radius 2 is 2.09 bits per heavy atom. The van der Waals surface area contributed by atoms with E-state index in [1.165, 1.54) is 0 Å². The smallest absolute Gasteiger partial charge is 0.292 e. The molecule has 1 aromatic rings. The van der Waals surface area contributed by atoms with Gasteiger partial charge in [-0.25, -0.2) is 0 Å². The van der Waals surface area contributed by atoms with Crippen molar-refractivity contribution >= 4 is 27.3 Å². The molecule has 2 aliphatic heterocycles. The van der Waals surface area contributed by atoms with Crippen molar-refractivity contribution in [3.05, 3.63) is 32.8 Å². The zero-order valence-corrected chi connectivity index (χ0v) is 14.0. The summed E-state index contributed by atoms with van der Waals surface area (Å²) in [5, 5.41) is 11.2. The van der Waals surface area contributed by atoms with Gasteiger partial charge in [0.25, 0.3) is 5.69 Å². The van der Waals surface area contributed by atoms with Gasteiger partial charge >= 0.3 is 0 Å². The molecular weight excluding hydrogens is 350 g/mol. The zero-order chi connectivity index (χ0) is 15.5. The normalized spacial score (nSPS) is 23.0. The van der Waals surface area contributed by atoms with Crippen LogP contribution in [-0.4, -0.2) is 55.8 Å². The van der Waals surface area contributed by atoms with E-state index in [1.54, 1.807) is 12.1 Å². The van der Waals surface area contributed by atoms with Crippen LogP contribution in [0.4, 0.5) is 11.4 Å². The molecule has 2 saturated heterocycles. The lowest BCUT2D eigenvalue weighted by atomic mass is 10.1. The summed E-state index contributed by atoms with van der Waals surface area (Å²) in [4.78, 5) is 15.5. The number of benzene rings is 1. The van der Waals surface area contributed by atoms with Crippen molar-refractivity contribution < 1.29 is 9.66 Å². The molecule has 2 aliphatic rings. The summed E-state index contributed by atoms with van der Waals surface area (Å²) < 4.78 is 6.30. The summed E-state index contributed by atoms with van der Waals surface area (Å²) in [6, 6.07) is 5.14. The van der Waals surface area contributed by atoms with Crippen molar-refractivity contribution in [3.8, 4) is 0 Å². The lowest BCUT2D eigenvalue weighted by molar-refractivity contribution is -0.384. The highest BCUT2D eigenvalue weighted by Gasteiger charge is 2.26. The predicted octanol–water partition coefficient (Wildman–Crippen LogP) is 2.52. The van der Waals surface area contributed by atoms with Gasteiger partial charge in [0.1, 0.15) is 5.69 Å². The lowest BCUT2D eigenvalue weighted by Gasteiger charge is -2.36. The molecule has 22 heavy (non-hydrogen) atoms. The molecule has 0 radical (unpaired) electrons. The zero-order valence-electron chi connectivity index (χ0n) is 12.4. The second-order valence-electron chi connectivity index (χ2n) is 5.91. The monoisotopic (exact) mass is 369 g/mol.